The van der Waals surface area contributed by atoms with E-state index in [0.29, 0.717) is 13.2 Å². The minimum Gasteiger partial charge on any atom is -0.348 e. The molecule has 1 rings (SSSR count). The zero-order valence-electron chi connectivity index (χ0n) is 8.02. The van der Waals surface area contributed by atoms with Crippen LogP contribution in [0.5, 0.6) is 0 Å². The topological polar surface area (TPSA) is 55.8 Å². The van der Waals surface area contributed by atoms with E-state index in [-0.39, 0.29) is 6.10 Å². The second kappa shape index (κ2) is 3.91. The molecule has 78 valence electrons. The summed E-state index contributed by atoms with van der Waals surface area (Å²) in [6.45, 7) is 4.41. The first-order valence-corrected chi connectivity index (χ1v) is 5.21. The molecule has 0 aromatic rings. The average Bonchev–Trinajstić information content (AvgIpc) is 2.30. The fourth-order valence-corrected chi connectivity index (χ4v) is 1.53. The molecule has 0 N–H and O–H groups in total. The van der Waals surface area contributed by atoms with Crippen LogP contribution in [0, 0.1) is 0 Å². The van der Waals surface area contributed by atoms with Crippen molar-refractivity contribution in [2.24, 2.45) is 0 Å². The van der Waals surface area contributed by atoms with Crippen molar-refractivity contribution in [1.82, 2.24) is 4.31 Å². The smallest absolute Gasteiger partial charge is 0.203 e. The van der Waals surface area contributed by atoms with Crippen molar-refractivity contribution in [3.63, 3.8) is 0 Å². The van der Waals surface area contributed by atoms with Crippen molar-refractivity contribution in [2.45, 2.75) is 25.7 Å². The average molecular weight is 209 g/mol. The van der Waals surface area contributed by atoms with Gasteiger partial charge < -0.3 is 9.47 Å². The van der Waals surface area contributed by atoms with Gasteiger partial charge in [-0.2, -0.15) is 0 Å². The highest BCUT2D eigenvalue weighted by atomic mass is 32.2. The molecule has 0 bridgehead atoms. The molecule has 0 spiro atoms. The van der Waals surface area contributed by atoms with Crippen LogP contribution < -0.4 is 0 Å². The summed E-state index contributed by atoms with van der Waals surface area (Å²) in [5.41, 5.74) is 0. The molecular formula is C7H15NO4S. The number of thiol groups is 1. The van der Waals surface area contributed by atoms with E-state index in [1.54, 1.807) is 0 Å². The lowest BCUT2D eigenvalue weighted by Gasteiger charge is -2.18. The molecule has 1 fully saturated rings. The molecule has 0 amide bonds. The van der Waals surface area contributed by atoms with Gasteiger partial charge in [0.1, 0.15) is 0 Å². The van der Waals surface area contributed by atoms with Crippen LogP contribution in [0.15, 0.2) is 0 Å². The molecule has 0 aromatic carbocycles. The van der Waals surface area contributed by atoms with Crippen LogP contribution in [-0.4, -0.2) is 44.8 Å². The molecule has 1 atom stereocenters. The van der Waals surface area contributed by atoms with Gasteiger partial charge in [0.15, 0.2) is 5.79 Å². The molecule has 1 heterocycles. The first-order chi connectivity index (χ1) is 5.91. The fraction of sp³-hybridized carbons (Fsp3) is 1.00. The molecule has 13 heavy (non-hydrogen) atoms. The van der Waals surface area contributed by atoms with Gasteiger partial charge in [-0.25, -0.2) is 12.7 Å². The fourth-order valence-electron chi connectivity index (χ4n) is 1.21. The predicted octanol–water partition coefficient (Wildman–Crippen LogP) is -0.404. The van der Waals surface area contributed by atoms with E-state index in [0.717, 1.165) is 0 Å². The molecule has 1 unspecified atom stereocenters. The van der Waals surface area contributed by atoms with Crippen molar-refractivity contribution in [3.8, 4) is 0 Å². The third kappa shape index (κ3) is 3.22. The molecule has 5 nitrogen and oxygen atoms in total. The number of hydrogen-bond acceptors (Lipinski definition) is 4. The van der Waals surface area contributed by atoms with E-state index >= 15 is 0 Å². The van der Waals surface area contributed by atoms with Gasteiger partial charge in [0.2, 0.25) is 10.9 Å². The molecule has 0 aromatic heterocycles. The molecule has 1 aliphatic heterocycles. The Balaban J connectivity index is 2.40. The lowest BCUT2D eigenvalue weighted by molar-refractivity contribution is -0.138. The van der Waals surface area contributed by atoms with Crippen molar-refractivity contribution in [2.75, 3.05) is 20.2 Å². The summed E-state index contributed by atoms with van der Waals surface area (Å²) >= 11 is 0. The van der Waals surface area contributed by atoms with E-state index in [1.807, 2.05) is 13.8 Å². The molecular weight excluding hydrogens is 194 g/mol. The van der Waals surface area contributed by atoms with Crippen LogP contribution in [0.2, 0.25) is 0 Å². The Bertz CT molecular complexity index is 243. The van der Waals surface area contributed by atoms with Crippen LogP contribution in [-0.2, 0) is 20.4 Å². The minimum atomic E-state index is -2.51. The van der Waals surface area contributed by atoms with Crippen LogP contribution in [0.1, 0.15) is 13.8 Å². The standard InChI is InChI=1S/C7H15NO4S/c1-7(2)11-5-6(12-7)4-8(3)13(9)10/h6,13H,4-5H2,1-3H3. The highest BCUT2D eigenvalue weighted by molar-refractivity contribution is 7.69. The Hall–Kier alpha value is -0.170. The van der Waals surface area contributed by atoms with E-state index in [9.17, 15) is 8.42 Å². The summed E-state index contributed by atoms with van der Waals surface area (Å²) in [6.07, 6.45) is -0.159. The van der Waals surface area contributed by atoms with E-state index < -0.39 is 16.7 Å². The third-order valence-corrected chi connectivity index (χ3v) is 2.53. The van der Waals surface area contributed by atoms with Crippen molar-refractivity contribution < 1.29 is 17.9 Å². The van der Waals surface area contributed by atoms with E-state index in [2.05, 4.69) is 0 Å². The Labute approximate surface area is 79.7 Å². The quantitative estimate of drug-likeness (QED) is 0.642. The van der Waals surface area contributed by atoms with E-state index in [1.165, 1.54) is 11.4 Å². The second-order valence-electron chi connectivity index (χ2n) is 3.53. The van der Waals surface area contributed by atoms with Crippen molar-refractivity contribution in [1.29, 1.82) is 0 Å². The highest BCUT2D eigenvalue weighted by Gasteiger charge is 2.33. The highest BCUT2D eigenvalue weighted by Crippen LogP contribution is 2.22. The second-order valence-corrected chi connectivity index (χ2v) is 4.69. The Kier molecular flexibility index (Phi) is 3.28. The first-order valence-electron chi connectivity index (χ1n) is 4.08. The number of hydrogen-bond donors (Lipinski definition) is 1. The van der Waals surface area contributed by atoms with Crippen molar-refractivity contribution in [3.05, 3.63) is 0 Å². The summed E-state index contributed by atoms with van der Waals surface area (Å²) < 4.78 is 33.0. The van der Waals surface area contributed by atoms with Gasteiger partial charge in [0.05, 0.1) is 12.7 Å². The van der Waals surface area contributed by atoms with Crippen molar-refractivity contribution >= 4 is 10.9 Å². The number of rotatable bonds is 3. The summed E-state index contributed by atoms with van der Waals surface area (Å²) in [5, 5.41) is 0. The van der Waals surface area contributed by atoms with Gasteiger partial charge in [-0.3, -0.25) is 0 Å². The lowest BCUT2D eigenvalue weighted by Crippen LogP contribution is -2.31. The Morgan fingerprint density at radius 2 is 2.15 bits per heavy atom. The normalized spacial score (nSPS) is 27.3. The lowest BCUT2D eigenvalue weighted by atomic mass is 10.4. The summed E-state index contributed by atoms with van der Waals surface area (Å²) in [4.78, 5) is 0. The zero-order valence-corrected chi connectivity index (χ0v) is 8.91. The number of nitrogens with zero attached hydrogens (tertiary/aromatic N) is 1. The Morgan fingerprint density at radius 3 is 2.54 bits per heavy atom. The maximum Gasteiger partial charge on any atom is 0.203 e. The summed E-state index contributed by atoms with van der Waals surface area (Å²) in [7, 11) is -0.997. The maximum absolute atomic E-state index is 10.5. The van der Waals surface area contributed by atoms with E-state index in [4.69, 9.17) is 9.47 Å². The van der Waals surface area contributed by atoms with Gasteiger partial charge in [-0.1, -0.05) is 0 Å². The van der Waals surface area contributed by atoms with Gasteiger partial charge in [0.25, 0.3) is 0 Å². The first kappa shape index (κ1) is 10.9. The molecule has 0 saturated carbocycles. The summed E-state index contributed by atoms with van der Waals surface area (Å²) in [5.74, 6) is -0.583. The monoisotopic (exact) mass is 209 g/mol. The zero-order chi connectivity index (χ0) is 10.1. The number of likely N-dealkylation sites (N-methyl/N-ethyl adjacent to an activating group) is 1. The molecule has 0 aliphatic carbocycles. The SMILES string of the molecule is CN(CC1COC(C)(C)O1)[SH](=O)=O. The van der Waals surface area contributed by atoms with Gasteiger partial charge >= 0.3 is 0 Å². The van der Waals surface area contributed by atoms with Crippen LogP contribution in [0.4, 0.5) is 0 Å². The third-order valence-electron chi connectivity index (χ3n) is 1.81. The maximum atomic E-state index is 10.5. The van der Waals surface area contributed by atoms with Crippen LogP contribution in [0.3, 0.4) is 0 Å². The largest absolute Gasteiger partial charge is 0.348 e. The van der Waals surface area contributed by atoms with Gasteiger partial charge in [0, 0.05) is 13.6 Å². The van der Waals surface area contributed by atoms with Crippen LogP contribution >= 0.6 is 0 Å². The predicted molar refractivity (Wildman–Crippen MR) is 47.8 cm³/mol. The minimum absolute atomic E-state index is 0.159. The molecule has 0 radical (unpaired) electrons. The van der Waals surface area contributed by atoms with Crippen LogP contribution in [0.25, 0.3) is 0 Å². The van der Waals surface area contributed by atoms with Gasteiger partial charge in [-0.05, 0) is 13.8 Å². The number of ether oxygens (including phenoxy) is 2. The molecule has 1 aliphatic rings. The van der Waals surface area contributed by atoms with Gasteiger partial charge in [-0.15, -0.1) is 0 Å². The molecule has 1 saturated heterocycles. The Morgan fingerprint density at radius 1 is 1.54 bits per heavy atom. The summed E-state index contributed by atoms with van der Waals surface area (Å²) in [6, 6.07) is 0. The molecule has 6 heteroatoms.